The maximum atomic E-state index is 2.50. The molecule has 3 rings (SSSR count). The summed E-state index contributed by atoms with van der Waals surface area (Å²) in [5.41, 5.74) is 4.14. The van der Waals surface area contributed by atoms with Crippen molar-refractivity contribution in [2.24, 2.45) is 0 Å². The third kappa shape index (κ3) is 2.34. The summed E-state index contributed by atoms with van der Waals surface area (Å²) in [7, 11) is 0. The van der Waals surface area contributed by atoms with E-state index >= 15 is 0 Å². The molecule has 0 aliphatic carbocycles. The monoisotopic (exact) mass is 321 g/mol. The van der Waals surface area contributed by atoms with Crippen LogP contribution in [0.4, 0.5) is 5.69 Å². The van der Waals surface area contributed by atoms with Crippen molar-refractivity contribution in [3.05, 3.63) is 42.6 Å². The van der Waals surface area contributed by atoms with Gasteiger partial charge >= 0.3 is 0 Å². The van der Waals surface area contributed by atoms with Gasteiger partial charge in [0.1, 0.15) is 0 Å². The maximum Gasteiger partial charge on any atom is 0.0813 e. The van der Waals surface area contributed by atoms with Gasteiger partial charge in [0.05, 0.1) is 16.8 Å². The first kappa shape index (κ1) is 14.2. The second-order valence-electron chi connectivity index (χ2n) is 5.23. The van der Waals surface area contributed by atoms with Gasteiger partial charge in [-0.15, -0.1) is 34.4 Å². The molecule has 4 heteroatoms. The van der Waals surface area contributed by atoms with Crippen LogP contribution in [0.3, 0.4) is 0 Å². The zero-order chi connectivity index (χ0) is 14.4. The number of nitrogens with zero attached hydrogens (tertiary/aromatic N) is 1. The van der Waals surface area contributed by atoms with Gasteiger partial charge in [-0.1, -0.05) is 0 Å². The molecular weight excluding hydrogens is 302 g/mol. The Morgan fingerprint density at radius 3 is 2.15 bits per heavy atom. The molecule has 0 fully saturated rings. The molecule has 0 saturated carbocycles. The molecule has 2 aromatic rings. The molecular formula is C16H19NS3. The molecule has 1 unspecified atom stereocenters. The molecule has 1 aliphatic heterocycles. The molecule has 3 heterocycles. The molecule has 0 aromatic carbocycles. The molecule has 106 valence electrons. The Morgan fingerprint density at radius 2 is 1.60 bits per heavy atom. The predicted molar refractivity (Wildman–Crippen MR) is 95.1 cm³/mol. The standard InChI is InChI=1S/C16H19NS3/c1-9-6-14(11(3)19-9)16-8-18-13(5)17(16)15-7-10(2)20-12(15)4/h6-8,13H,1-5H3. The molecule has 0 radical (unpaired) electrons. The lowest BCUT2D eigenvalue weighted by Gasteiger charge is -2.26. The Kier molecular flexibility index (Phi) is 3.73. The molecule has 1 nitrogen and oxygen atoms in total. The van der Waals surface area contributed by atoms with Crippen molar-refractivity contribution < 1.29 is 0 Å². The summed E-state index contributed by atoms with van der Waals surface area (Å²) in [4.78, 5) is 8.10. The number of anilines is 1. The molecule has 0 amide bonds. The largest absolute Gasteiger partial charge is 0.327 e. The van der Waals surface area contributed by atoms with Crippen LogP contribution in [-0.2, 0) is 0 Å². The molecule has 1 atom stereocenters. The van der Waals surface area contributed by atoms with Crippen LogP contribution in [0.25, 0.3) is 5.70 Å². The van der Waals surface area contributed by atoms with E-state index in [4.69, 9.17) is 0 Å². The second kappa shape index (κ2) is 5.24. The van der Waals surface area contributed by atoms with Crippen molar-refractivity contribution in [3.8, 4) is 0 Å². The second-order valence-corrected chi connectivity index (χ2v) is 9.34. The van der Waals surface area contributed by atoms with Crippen LogP contribution in [0.2, 0.25) is 0 Å². The first-order valence-electron chi connectivity index (χ1n) is 6.76. The third-order valence-electron chi connectivity index (χ3n) is 3.59. The summed E-state index contributed by atoms with van der Waals surface area (Å²) >= 11 is 5.69. The third-order valence-corrected chi connectivity index (χ3v) is 6.48. The van der Waals surface area contributed by atoms with Crippen molar-refractivity contribution in [1.29, 1.82) is 0 Å². The predicted octanol–water partition coefficient (Wildman–Crippen LogP) is 5.94. The maximum absolute atomic E-state index is 2.50. The number of rotatable bonds is 2. The normalized spacial score (nSPS) is 18.8. The van der Waals surface area contributed by atoms with E-state index in [2.05, 4.69) is 57.1 Å². The van der Waals surface area contributed by atoms with Crippen LogP contribution >= 0.6 is 34.4 Å². The summed E-state index contributed by atoms with van der Waals surface area (Å²) in [6.07, 6.45) is 0. The van der Waals surface area contributed by atoms with Crippen molar-refractivity contribution >= 4 is 45.8 Å². The Morgan fingerprint density at radius 1 is 0.950 bits per heavy atom. The zero-order valence-electron chi connectivity index (χ0n) is 12.5. The molecule has 0 N–H and O–H groups in total. The van der Waals surface area contributed by atoms with E-state index in [0.717, 1.165) is 0 Å². The van der Waals surface area contributed by atoms with Crippen molar-refractivity contribution in [1.82, 2.24) is 0 Å². The smallest absolute Gasteiger partial charge is 0.0813 e. The summed E-state index contributed by atoms with van der Waals surface area (Å²) in [6.45, 7) is 11.1. The molecule has 0 spiro atoms. The van der Waals surface area contributed by atoms with Crippen LogP contribution in [0, 0.1) is 27.7 Å². The van der Waals surface area contributed by atoms with Crippen molar-refractivity contribution in [2.45, 2.75) is 40.0 Å². The van der Waals surface area contributed by atoms with Crippen molar-refractivity contribution in [3.63, 3.8) is 0 Å². The summed E-state index contributed by atoms with van der Waals surface area (Å²) in [6, 6.07) is 4.65. The SMILES string of the molecule is Cc1cc(C2=CSC(C)N2c2cc(C)sc2C)c(C)s1. The lowest BCUT2D eigenvalue weighted by Crippen LogP contribution is -2.25. The fourth-order valence-electron chi connectivity index (χ4n) is 2.74. The van der Waals surface area contributed by atoms with Gasteiger partial charge in [-0.2, -0.15) is 0 Å². The first-order valence-corrected chi connectivity index (χ1v) is 9.34. The zero-order valence-corrected chi connectivity index (χ0v) is 14.9. The van der Waals surface area contributed by atoms with Gasteiger partial charge in [0.2, 0.25) is 0 Å². The number of thiophene rings is 2. The highest BCUT2D eigenvalue weighted by molar-refractivity contribution is 8.03. The van der Waals surface area contributed by atoms with E-state index in [1.165, 1.54) is 36.5 Å². The van der Waals surface area contributed by atoms with Crippen LogP contribution in [-0.4, -0.2) is 5.37 Å². The fourth-order valence-corrected chi connectivity index (χ4v) is 5.50. The van der Waals surface area contributed by atoms with Gasteiger partial charge in [0.25, 0.3) is 0 Å². The van der Waals surface area contributed by atoms with Crippen molar-refractivity contribution in [2.75, 3.05) is 4.90 Å². The lowest BCUT2D eigenvalue weighted by molar-refractivity contribution is 0.980. The molecule has 2 aromatic heterocycles. The summed E-state index contributed by atoms with van der Waals surface area (Å²) in [5, 5.41) is 2.79. The van der Waals surface area contributed by atoms with Gasteiger partial charge in [-0.25, -0.2) is 0 Å². The van der Waals surface area contributed by atoms with E-state index < -0.39 is 0 Å². The topological polar surface area (TPSA) is 3.24 Å². The van der Waals surface area contributed by atoms with Crippen LogP contribution in [0.15, 0.2) is 17.5 Å². The van der Waals surface area contributed by atoms with Gasteiger partial charge in [-0.3, -0.25) is 0 Å². The average Bonchev–Trinajstić information content (AvgIpc) is 2.98. The molecule has 0 bridgehead atoms. The quantitative estimate of drug-likeness (QED) is 0.673. The minimum Gasteiger partial charge on any atom is -0.327 e. The highest BCUT2D eigenvalue weighted by Crippen LogP contribution is 2.45. The lowest BCUT2D eigenvalue weighted by atomic mass is 10.1. The fraction of sp³-hybridized carbons (Fsp3) is 0.375. The number of hydrogen-bond acceptors (Lipinski definition) is 4. The Labute approximate surface area is 133 Å². The Balaban J connectivity index is 2.07. The van der Waals surface area contributed by atoms with Gasteiger partial charge in [0.15, 0.2) is 0 Å². The first-order chi connectivity index (χ1) is 9.47. The van der Waals surface area contributed by atoms with Gasteiger partial charge < -0.3 is 4.90 Å². The van der Waals surface area contributed by atoms with E-state index in [1.807, 2.05) is 34.4 Å². The highest BCUT2D eigenvalue weighted by Gasteiger charge is 2.29. The average molecular weight is 322 g/mol. The van der Waals surface area contributed by atoms with Gasteiger partial charge in [-0.05, 0) is 52.2 Å². The van der Waals surface area contributed by atoms with Gasteiger partial charge in [0, 0.05) is 25.1 Å². The Bertz CT molecular complexity index is 678. The minimum absolute atomic E-state index is 0.470. The molecule has 1 aliphatic rings. The summed E-state index contributed by atoms with van der Waals surface area (Å²) < 4.78 is 0. The summed E-state index contributed by atoms with van der Waals surface area (Å²) in [5.74, 6) is 0. The molecule has 20 heavy (non-hydrogen) atoms. The minimum atomic E-state index is 0.470. The van der Waals surface area contributed by atoms with Crippen LogP contribution in [0.5, 0.6) is 0 Å². The van der Waals surface area contributed by atoms with E-state index in [0.29, 0.717) is 5.37 Å². The number of hydrogen-bond donors (Lipinski definition) is 0. The highest BCUT2D eigenvalue weighted by atomic mass is 32.2. The van der Waals surface area contributed by atoms with E-state index in [1.54, 1.807) is 0 Å². The number of aryl methyl sites for hydroxylation is 4. The van der Waals surface area contributed by atoms with E-state index in [9.17, 15) is 0 Å². The van der Waals surface area contributed by atoms with Crippen LogP contribution < -0.4 is 4.90 Å². The van der Waals surface area contributed by atoms with Crippen LogP contribution in [0.1, 0.15) is 32.0 Å². The Hall–Kier alpha value is -0.710. The molecule has 0 saturated heterocycles. The van der Waals surface area contributed by atoms with E-state index in [-0.39, 0.29) is 0 Å². The number of thioether (sulfide) groups is 1.